The Kier molecular flexibility index (Phi) is 5.43. The second-order valence-electron chi connectivity index (χ2n) is 7.45. The van der Waals surface area contributed by atoms with Gasteiger partial charge in [0.1, 0.15) is 17.2 Å². The van der Waals surface area contributed by atoms with Gasteiger partial charge in [-0.2, -0.15) is 5.10 Å². The van der Waals surface area contributed by atoms with E-state index in [1.54, 1.807) is 24.0 Å². The number of nitrogens with zero attached hydrogens (tertiary/aromatic N) is 6. The van der Waals surface area contributed by atoms with E-state index in [9.17, 15) is 9.59 Å². The Bertz CT molecular complexity index is 1370. The van der Waals surface area contributed by atoms with Crippen molar-refractivity contribution in [2.45, 2.75) is 13.8 Å². The van der Waals surface area contributed by atoms with E-state index >= 15 is 0 Å². The molecule has 0 atom stereocenters. The number of aromatic amines is 1. The van der Waals surface area contributed by atoms with Crippen molar-refractivity contribution in [3.8, 4) is 28.5 Å². The van der Waals surface area contributed by atoms with Gasteiger partial charge < -0.3 is 14.6 Å². The van der Waals surface area contributed by atoms with Crippen LogP contribution in [-0.2, 0) is 7.05 Å². The molecule has 0 bridgehead atoms. The summed E-state index contributed by atoms with van der Waals surface area (Å²) in [6, 6.07) is 5.41. The Labute approximate surface area is 183 Å². The number of ether oxygens (including phenoxy) is 1. The SMILES string of the molecule is CCOc1ncc(C(C)=O)cc1-c1nc2c(-c3ccc(N(C)C)nc3)n(C)nc2c(=O)[nH]1. The minimum absolute atomic E-state index is 0.153. The van der Waals surface area contributed by atoms with E-state index in [1.165, 1.54) is 13.1 Å². The summed E-state index contributed by atoms with van der Waals surface area (Å²) in [6.45, 7) is 3.64. The molecule has 10 nitrogen and oxygen atoms in total. The number of aryl methyl sites for hydroxylation is 1. The van der Waals surface area contributed by atoms with Gasteiger partial charge in [-0.1, -0.05) is 0 Å². The third kappa shape index (κ3) is 3.70. The summed E-state index contributed by atoms with van der Waals surface area (Å²) >= 11 is 0. The van der Waals surface area contributed by atoms with Crippen molar-refractivity contribution in [1.82, 2.24) is 29.7 Å². The molecule has 0 unspecified atom stereocenters. The molecule has 0 aliphatic heterocycles. The van der Waals surface area contributed by atoms with Crippen molar-refractivity contribution < 1.29 is 9.53 Å². The molecule has 0 saturated heterocycles. The van der Waals surface area contributed by atoms with E-state index < -0.39 is 5.56 Å². The minimum Gasteiger partial charge on any atom is -0.477 e. The smallest absolute Gasteiger partial charge is 0.279 e. The van der Waals surface area contributed by atoms with Gasteiger partial charge in [-0.25, -0.2) is 15.0 Å². The summed E-state index contributed by atoms with van der Waals surface area (Å²) in [4.78, 5) is 42.8. The largest absolute Gasteiger partial charge is 0.477 e. The summed E-state index contributed by atoms with van der Waals surface area (Å²) < 4.78 is 7.22. The van der Waals surface area contributed by atoms with Gasteiger partial charge in [-0.15, -0.1) is 0 Å². The zero-order chi connectivity index (χ0) is 23.0. The van der Waals surface area contributed by atoms with Gasteiger partial charge in [0.05, 0.1) is 17.9 Å². The fourth-order valence-electron chi connectivity index (χ4n) is 3.39. The summed E-state index contributed by atoms with van der Waals surface area (Å²) in [5, 5.41) is 4.36. The molecule has 1 N–H and O–H groups in total. The molecule has 0 amide bonds. The van der Waals surface area contributed by atoms with Crippen LogP contribution in [-0.4, -0.2) is 56.2 Å². The first-order chi connectivity index (χ1) is 15.3. The van der Waals surface area contributed by atoms with Crippen molar-refractivity contribution in [1.29, 1.82) is 0 Å². The van der Waals surface area contributed by atoms with Crippen LogP contribution in [0.1, 0.15) is 24.2 Å². The van der Waals surface area contributed by atoms with Crippen LogP contribution in [0.25, 0.3) is 33.7 Å². The van der Waals surface area contributed by atoms with Crippen molar-refractivity contribution in [2.75, 3.05) is 25.6 Å². The van der Waals surface area contributed by atoms with Gasteiger partial charge in [-0.3, -0.25) is 14.3 Å². The lowest BCUT2D eigenvalue weighted by atomic mass is 10.1. The zero-order valence-electron chi connectivity index (χ0n) is 18.5. The summed E-state index contributed by atoms with van der Waals surface area (Å²) in [6.07, 6.45) is 3.17. The Morgan fingerprint density at radius 3 is 2.59 bits per heavy atom. The number of rotatable bonds is 6. The lowest BCUT2D eigenvalue weighted by molar-refractivity contribution is 0.101. The van der Waals surface area contributed by atoms with E-state index in [1.807, 2.05) is 38.1 Å². The van der Waals surface area contributed by atoms with Crippen LogP contribution in [0.3, 0.4) is 0 Å². The Balaban J connectivity index is 1.95. The molecule has 0 radical (unpaired) electrons. The van der Waals surface area contributed by atoms with Crippen LogP contribution in [0.4, 0.5) is 5.82 Å². The molecule has 0 spiro atoms. The van der Waals surface area contributed by atoms with Crippen LogP contribution in [0.5, 0.6) is 5.88 Å². The molecule has 4 heterocycles. The van der Waals surface area contributed by atoms with Crippen molar-refractivity contribution in [3.05, 3.63) is 46.5 Å². The molecule has 0 aliphatic carbocycles. The van der Waals surface area contributed by atoms with Gasteiger partial charge in [0.25, 0.3) is 5.56 Å². The average Bonchev–Trinajstić information content (AvgIpc) is 3.10. The molecule has 0 fully saturated rings. The Morgan fingerprint density at radius 1 is 1.19 bits per heavy atom. The summed E-state index contributed by atoms with van der Waals surface area (Å²) in [7, 11) is 5.57. The fraction of sp³-hybridized carbons (Fsp3) is 0.273. The van der Waals surface area contributed by atoms with Crippen LogP contribution in [0.15, 0.2) is 35.4 Å². The summed E-state index contributed by atoms with van der Waals surface area (Å²) in [5.74, 6) is 1.18. The lowest BCUT2D eigenvalue weighted by Crippen LogP contribution is -2.11. The zero-order valence-corrected chi connectivity index (χ0v) is 18.5. The number of nitrogens with one attached hydrogen (secondary N) is 1. The number of hydrogen-bond acceptors (Lipinski definition) is 8. The highest BCUT2D eigenvalue weighted by atomic mass is 16.5. The molecule has 0 aliphatic rings. The number of H-pyrrole nitrogens is 1. The Morgan fingerprint density at radius 2 is 1.97 bits per heavy atom. The first-order valence-electron chi connectivity index (χ1n) is 10.0. The van der Waals surface area contributed by atoms with Gasteiger partial charge in [0, 0.05) is 44.7 Å². The van der Waals surface area contributed by atoms with E-state index in [0.717, 1.165) is 11.4 Å². The highest BCUT2D eigenvalue weighted by molar-refractivity contribution is 5.95. The number of Topliss-reactive ketones (excluding diaryl/α,β-unsaturated/α-hetero) is 1. The number of anilines is 1. The average molecular weight is 433 g/mol. The van der Waals surface area contributed by atoms with Gasteiger partial charge in [-0.05, 0) is 32.0 Å². The topological polar surface area (TPSA) is 119 Å². The number of pyridine rings is 2. The van der Waals surface area contributed by atoms with Crippen LogP contribution < -0.4 is 15.2 Å². The first kappa shape index (κ1) is 21.2. The molecular formula is C22H23N7O3. The first-order valence-corrected chi connectivity index (χ1v) is 10.0. The predicted octanol–water partition coefficient (Wildman–Crippen LogP) is 2.45. The third-order valence-corrected chi connectivity index (χ3v) is 4.97. The third-order valence-electron chi connectivity index (χ3n) is 4.97. The van der Waals surface area contributed by atoms with Crippen molar-refractivity contribution in [2.24, 2.45) is 7.05 Å². The van der Waals surface area contributed by atoms with Crippen LogP contribution in [0.2, 0.25) is 0 Å². The lowest BCUT2D eigenvalue weighted by Gasteiger charge is -2.11. The molecule has 0 saturated carbocycles. The summed E-state index contributed by atoms with van der Waals surface area (Å²) in [5.41, 5.74) is 2.46. The van der Waals surface area contributed by atoms with Gasteiger partial charge >= 0.3 is 0 Å². The maximum atomic E-state index is 12.9. The number of carbonyl (C=O) groups excluding carboxylic acids is 1. The predicted molar refractivity (Wildman–Crippen MR) is 121 cm³/mol. The molecule has 164 valence electrons. The molecule has 10 heteroatoms. The maximum Gasteiger partial charge on any atom is 0.279 e. The molecule has 4 aromatic heterocycles. The minimum atomic E-state index is -0.402. The molecular weight excluding hydrogens is 410 g/mol. The highest BCUT2D eigenvalue weighted by Crippen LogP contribution is 2.30. The highest BCUT2D eigenvalue weighted by Gasteiger charge is 2.20. The van der Waals surface area contributed by atoms with Crippen LogP contribution in [0, 0.1) is 0 Å². The van der Waals surface area contributed by atoms with E-state index in [4.69, 9.17) is 9.72 Å². The van der Waals surface area contributed by atoms with E-state index in [0.29, 0.717) is 28.9 Å². The molecule has 4 aromatic rings. The Hall–Kier alpha value is -4.08. The van der Waals surface area contributed by atoms with E-state index in [2.05, 4.69) is 20.1 Å². The molecule has 32 heavy (non-hydrogen) atoms. The number of ketones is 1. The quantitative estimate of drug-likeness (QED) is 0.461. The number of aromatic nitrogens is 6. The van der Waals surface area contributed by atoms with Crippen molar-refractivity contribution >= 4 is 22.6 Å². The number of carbonyl (C=O) groups is 1. The van der Waals surface area contributed by atoms with Crippen LogP contribution >= 0.6 is 0 Å². The molecule has 0 aromatic carbocycles. The second-order valence-corrected chi connectivity index (χ2v) is 7.45. The standard InChI is InChI=1S/C22H23N7O3/c1-6-32-22-15(9-14(11-24-22)12(2)30)20-25-17-18(21(31)26-20)27-29(5)19(17)13-7-8-16(23-10-13)28(3)4/h7-11H,6H2,1-5H3,(H,25,26,31). The van der Waals surface area contributed by atoms with E-state index in [-0.39, 0.29) is 23.0 Å². The van der Waals surface area contributed by atoms with Gasteiger partial charge in [0.2, 0.25) is 5.88 Å². The van der Waals surface area contributed by atoms with Crippen molar-refractivity contribution in [3.63, 3.8) is 0 Å². The van der Waals surface area contributed by atoms with Gasteiger partial charge in [0.15, 0.2) is 11.3 Å². The maximum absolute atomic E-state index is 12.9. The monoisotopic (exact) mass is 433 g/mol. The second kappa shape index (κ2) is 8.22. The molecule has 4 rings (SSSR count). The number of hydrogen-bond donors (Lipinski definition) is 1. The number of fused-ring (bicyclic) bond motifs is 1. The normalized spacial score (nSPS) is 11.0. The fourth-order valence-corrected chi connectivity index (χ4v) is 3.39.